The molecule has 0 spiro atoms. The van der Waals surface area contributed by atoms with Crippen LogP contribution < -0.4 is 0 Å². The standard InChI is InChI=1S/C23H25ClFN/c1-2-3-4-17-5-10-19(11-6-17)20-12-7-18(8-13-20)9-14-21-15-16-22(24)26-23(21)25/h7-8,12-13,15-17,19H,2-6,10-11H2,1H3/t17-,19-. The maximum Gasteiger partial charge on any atom is 0.230 e. The zero-order valence-electron chi connectivity index (χ0n) is 15.3. The summed E-state index contributed by atoms with van der Waals surface area (Å²) in [5.74, 6) is 6.82. The van der Waals surface area contributed by atoms with Crippen LogP contribution in [0.5, 0.6) is 0 Å². The normalized spacial score (nSPS) is 19.7. The molecule has 0 aliphatic heterocycles. The van der Waals surface area contributed by atoms with Gasteiger partial charge in [-0.1, -0.05) is 61.8 Å². The summed E-state index contributed by atoms with van der Waals surface area (Å²) in [4.78, 5) is 3.58. The molecule has 26 heavy (non-hydrogen) atoms. The number of pyridine rings is 1. The number of aromatic nitrogens is 1. The molecule has 1 saturated carbocycles. The van der Waals surface area contributed by atoms with Crippen LogP contribution in [-0.4, -0.2) is 4.98 Å². The highest BCUT2D eigenvalue weighted by molar-refractivity contribution is 6.29. The first-order chi connectivity index (χ1) is 12.7. The van der Waals surface area contributed by atoms with E-state index in [1.807, 2.05) is 12.1 Å². The van der Waals surface area contributed by atoms with E-state index in [4.69, 9.17) is 11.6 Å². The number of nitrogens with zero attached hydrogens (tertiary/aromatic N) is 1. The second kappa shape index (κ2) is 9.19. The van der Waals surface area contributed by atoms with Crippen LogP contribution in [0.3, 0.4) is 0 Å². The van der Waals surface area contributed by atoms with Gasteiger partial charge in [0.2, 0.25) is 5.95 Å². The smallest absolute Gasteiger partial charge is 0.207 e. The van der Waals surface area contributed by atoms with Crippen LogP contribution in [0.25, 0.3) is 0 Å². The molecule has 0 atom stereocenters. The Labute approximate surface area is 161 Å². The zero-order chi connectivity index (χ0) is 18.4. The van der Waals surface area contributed by atoms with Crippen LogP contribution in [0.1, 0.15) is 74.5 Å². The Hall–Kier alpha value is -1.85. The largest absolute Gasteiger partial charge is 0.230 e. The Balaban J connectivity index is 1.60. The summed E-state index contributed by atoms with van der Waals surface area (Å²) in [6.07, 6.45) is 9.37. The van der Waals surface area contributed by atoms with Crippen LogP contribution in [0.15, 0.2) is 36.4 Å². The van der Waals surface area contributed by atoms with Crippen LogP contribution in [0.4, 0.5) is 4.39 Å². The van der Waals surface area contributed by atoms with Crippen LogP contribution in [0, 0.1) is 23.7 Å². The molecule has 1 aliphatic carbocycles. The molecule has 0 bridgehead atoms. The number of unbranched alkanes of at least 4 members (excludes halogenated alkanes) is 1. The van der Waals surface area contributed by atoms with Gasteiger partial charge in [0.25, 0.3) is 0 Å². The predicted octanol–water partition coefficient (Wildman–Crippen LogP) is 6.74. The van der Waals surface area contributed by atoms with Gasteiger partial charge < -0.3 is 0 Å². The average Bonchev–Trinajstić information content (AvgIpc) is 2.66. The number of benzene rings is 1. The molecule has 1 nitrogen and oxygen atoms in total. The van der Waals surface area contributed by atoms with Gasteiger partial charge in [-0.2, -0.15) is 4.39 Å². The lowest BCUT2D eigenvalue weighted by molar-refractivity contribution is 0.304. The van der Waals surface area contributed by atoms with Gasteiger partial charge in [0.05, 0.1) is 5.56 Å². The molecular weight excluding hydrogens is 345 g/mol. The van der Waals surface area contributed by atoms with E-state index in [-0.39, 0.29) is 10.7 Å². The Kier molecular flexibility index (Phi) is 6.69. The van der Waals surface area contributed by atoms with Crippen molar-refractivity contribution in [2.45, 2.75) is 57.8 Å². The Morgan fingerprint density at radius 3 is 2.42 bits per heavy atom. The molecule has 3 heteroatoms. The van der Waals surface area contributed by atoms with Crippen molar-refractivity contribution in [3.05, 3.63) is 64.2 Å². The maximum absolute atomic E-state index is 13.7. The average molecular weight is 370 g/mol. The second-order valence-electron chi connectivity index (χ2n) is 7.20. The minimum absolute atomic E-state index is 0.141. The topological polar surface area (TPSA) is 12.9 Å². The minimum Gasteiger partial charge on any atom is -0.207 e. The summed E-state index contributed by atoms with van der Waals surface area (Å²) in [6, 6.07) is 11.5. The maximum atomic E-state index is 13.7. The monoisotopic (exact) mass is 369 g/mol. The summed E-state index contributed by atoms with van der Waals surface area (Å²) in [5, 5.41) is 0.141. The van der Waals surface area contributed by atoms with Gasteiger partial charge >= 0.3 is 0 Å². The van der Waals surface area contributed by atoms with Crippen molar-refractivity contribution in [2.24, 2.45) is 5.92 Å². The minimum atomic E-state index is -0.624. The summed E-state index contributed by atoms with van der Waals surface area (Å²) in [6.45, 7) is 2.27. The molecule has 1 fully saturated rings. The fourth-order valence-corrected chi connectivity index (χ4v) is 3.90. The van der Waals surface area contributed by atoms with Gasteiger partial charge in [-0.05, 0) is 67.3 Å². The van der Waals surface area contributed by atoms with E-state index in [0.29, 0.717) is 5.92 Å². The summed E-state index contributed by atoms with van der Waals surface area (Å²) in [5.41, 5.74) is 2.56. The first kappa shape index (κ1) is 18.9. The lowest BCUT2D eigenvalue weighted by Crippen LogP contribution is -2.13. The fourth-order valence-electron chi connectivity index (χ4n) is 3.76. The van der Waals surface area contributed by atoms with E-state index in [2.05, 4.69) is 35.9 Å². The first-order valence-electron chi connectivity index (χ1n) is 9.59. The lowest BCUT2D eigenvalue weighted by Gasteiger charge is -2.28. The molecule has 1 aromatic carbocycles. The molecule has 2 aromatic rings. The molecular formula is C23H25ClFN. The molecule has 1 aromatic heterocycles. The zero-order valence-corrected chi connectivity index (χ0v) is 16.0. The van der Waals surface area contributed by atoms with Crippen LogP contribution >= 0.6 is 11.6 Å². The van der Waals surface area contributed by atoms with Crippen molar-refractivity contribution in [1.29, 1.82) is 0 Å². The molecule has 1 heterocycles. The number of rotatable bonds is 4. The highest BCUT2D eigenvalue weighted by Crippen LogP contribution is 2.37. The van der Waals surface area contributed by atoms with Crippen molar-refractivity contribution in [3.8, 4) is 11.8 Å². The van der Waals surface area contributed by atoms with E-state index < -0.39 is 5.95 Å². The third-order valence-corrected chi connectivity index (χ3v) is 5.56. The Bertz CT molecular complexity index is 780. The number of hydrogen-bond acceptors (Lipinski definition) is 1. The second-order valence-corrected chi connectivity index (χ2v) is 7.59. The van der Waals surface area contributed by atoms with Gasteiger partial charge in [0.15, 0.2) is 0 Å². The quantitative estimate of drug-likeness (QED) is 0.429. The molecule has 3 rings (SSSR count). The summed E-state index contributed by atoms with van der Waals surface area (Å²) >= 11 is 5.66. The van der Waals surface area contributed by atoms with Crippen molar-refractivity contribution in [1.82, 2.24) is 4.98 Å². The molecule has 136 valence electrons. The Morgan fingerprint density at radius 1 is 1.04 bits per heavy atom. The van der Waals surface area contributed by atoms with Crippen molar-refractivity contribution in [3.63, 3.8) is 0 Å². The third kappa shape index (κ3) is 5.08. The molecule has 0 saturated heterocycles. The van der Waals surface area contributed by atoms with Crippen molar-refractivity contribution < 1.29 is 4.39 Å². The summed E-state index contributed by atoms with van der Waals surface area (Å²) in [7, 11) is 0. The van der Waals surface area contributed by atoms with Gasteiger partial charge in [-0.3, -0.25) is 0 Å². The van der Waals surface area contributed by atoms with E-state index >= 15 is 0 Å². The van der Waals surface area contributed by atoms with E-state index in [1.54, 1.807) is 12.1 Å². The Morgan fingerprint density at radius 2 is 1.77 bits per heavy atom. The number of hydrogen-bond donors (Lipinski definition) is 0. The van der Waals surface area contributed by atoms with Crippen LogP contribution in [0.2, 0.25) is 5.15 Å². The SMILES string of the molecule is CCCC[C@H]1CC[C@H](c2ccc(C#Cc3ccc(Cl)nc3F)cc2)CC1. The van der Waals surface area contributed by atoms with Crippen LogP contribution in [-0.2, 0) is 0 Å². The first-order valence-corrected chi connectivity index (χ1v) is 9.97. The van der Waals surface area contributed by atoms with E-state index in [1.165, 1.54) is 50.5 Å². The molecule has 0 radical (unpaired) electrons. The fraction of sp³-hybridized carbons (Fsp3) is 0.435. The third-order valence-electron chi connectivity index (χ3n) is 5.35. The van der Waals surface area contributed by atoms with Crippen molar-refractivity contribution >= 4 is 11.6 Å². The van der Waals surface area contributed by atoms with Gasteiger partial charge in [-0.25, -0.2) is 4.98 Å². The van der Waals surface area contributed by atoms with Gasteiger partial charge in [-0.15, -0.1) is 0 Å². The van der Waals surface area contributed by atoms with Gasteiger partial charge in [0.1, 0.15) is 5.15 Å². The van der Waals surface area contributed by atoms with Gasteiger partial charge in [0, 0.05) is 5.56 Å². The molecule has 1 aliphatic rings. The summed E-state index contributed by atoms with van der Waals surface area (Å²) < 4.78 is 13.7. The highest BCUT2D eigenvalue weighted by atomic mass is 35.5. The van der Waals surface area contributed by atoms with E-state index in [9.17, 15) is 4.39 Å². The highest BCUT2D eigenvalue weighted by Gasteiger charge is 2.21. The lowest BCUT2D eigenvalue weighted by atomic mass is 9.77. The molecule has 0 amide bonds. The predicted molar refractivity (Wildman–Crippen MR) is 106 cm³/mol. The van der Waals surface area contributed by atoms with Crippen molar-refractivity contribution in [2.75, 3.05) is 0 Å². The molecule has 0 unspecified atom stereocenters. The number of halogens is 2. The molecule has 0 N–H and O–H groups in total. The van der Waals surface area contributed by atoms with E-state index in [0.717, 1.165) is 11.5 Å².